The van der Waals surface area contributed by atoms with Gasteiger partial charge in [0.2, 0.25) is 0 Å². The van der Waals surface area contributed by atoms with E-state index in [0.717, 1.165) is 118 Å². The molecule has 7 nitrogen and oxygen atoms in total. The number of ether oxygens (including phenoxy) is 6. The Morgan fingerprint density at radius 1 is 0.291 bits per heavy atom. The summed E-state index contributed by atoms with van der Waals surface area (Å²) >= 11 is 0. The van der Waals surface area contributed by atoms with E-state index >= 15 is 0 Å². The first kappa shape index (κ1) is 53.8. The molecule has 0 bridgehead atoms. The summed E-state index contributed by atoms with van der Waals surface area (Å²) in [5.74, 6) is 4.57. The van der Waals surface area contributed by atoms with Crippen LogP contribution >= 0.6 is 0 Å². The predicted octanol–water partition coefficient (Wildman–Crippen LogP) is 17.6. The van der Waals surface area contributed by atoms with Gasteiger partial charge in [-0.25, -0.2) is 0 Å². The molecule has 0 fully saturated rings. The van der Waals surface area contributed by atoms with Crippen LogP contribution in [0.25, 0.3) is 34.9 Å². The summed E-state index contributed by atoms with van der Waals surface area (Å²) in [7, 11) is 10.1. The van der Waals surface area contributed by atoms with Crippen LogP contribution in [-0.2, 0) is 0 Å². The van der Waals surface area contributed by atoms with E-state index in [9.17, 15) is 0 Å². The van der Waals surface area contributed by atoms with E-state index in [0.29, 0.717) is 0 Å². The SMILES string of the molecule is COc1cccc(C(=CC=Cc2ccc(N(c3ccccc3)c3ccccc3)c(C=CC=C(c3cccc(OC)c3)c3cccc(OC)c3)c2C=CC=C(c2cccc(OC)c2)c2cccc(OC)c2)c2cccc(OC)c2)c1. The number of methoxy groups -OCH3 is 6. The van der Waals surface area contributed by atoms with Gasteiger partial charge in [0.25, 0.3) is 0 Å². The van der Waals surface area contributed by atoms with Gasteiger partial charge in [-0.2, -0.15) is 0 Å². The van der Waals surface area contributed by atoms with Gasteiger partial charge in [0.05, 0.1) is 48.3 Å². The lowest BCUT2D eigenvalue weighted by Gasteiger charge is -2.28. The third-order valence-corrected chi connectivity index (χ3v) is 13.4. The van der Waals surface area contributed by atoms with E-state index in [4.69, 9.17) is 28.4 Å². The molecule has 0 amide bonds. The molecule has 0 radical (unpaired) electrons. The van der Waals surface area contributed by atoms with Crippen LogP contribution in [0.15, 0.2) is 255 Å². The number of nitrogens with zero attached hydrogens (tertiary/aromatic N) is 1. The highest BCUT2D eigenvalue weighted by molar-refractivity contribution is 5.91. The van der Waals surface area contributed by atoms with E-state index in [1.165, 1.54) is 0 Å². The van der Waals surface area contributed by atoms with Gasteiger partial charge < -0.3 is 33.3 Å². The minimum atomic E-state index is 0.760. The summed E-state index contributed by atoms with van der Waals surface area (Å²) < 4.78 is 34.4. The van der Waals surface area contributed by atoms with E-state index in [-0.39, 0.29) is 0 Å². The van der Waals surface area contributed by atoms with Crippen molar-refractivity contribution >= 4 is 52.0 Å². The molecule has 0 aliphatic carbocycles. The summed E-state index contributed by atoms with van der Waals surface area (Å²) in [5, 5.41) is 0. The average molecular weight is 1040 g/mol. The van der Waals surface area contributed by atoms with Crippen molar-refractivity contribution in [2.24, 2.45) is 0 Å². The van der Waals surface area contributed by atoms with Crippen LogP contribution in [0.2, 0.25) is 0 Å². The van der Waals surface area contributed by atoms with Crippen molar-refractivity contribution in [2.45, 2.75) is 0 Å². The summed E-state index contributed by atoms with van der Waals surface area (Å²) in [6.07, 6.45) is 19.5. The van der Waals surface area contributed by atoms with Crippen molar-refractivity contribution in [3.05, 3.63) is 305 Å². The first-order valence-electron chi connectivity index (χ1n) is 26.0. The molecule has 0 saturated carbocycles. The monoisotopic (exact) mass is 1040 g/mol. The Hall–Kier alpha value is -9.98. The zero-order chi connectivity index (χ0) is 54.8. The maximum absolute atomic E-state index is 5.74. The molecule has 0 N–H and O–H groups in total. The van der Waals surface area contributed by atoms with Crippen molar-refractivity contribution in [3.63, 3.8) is 0 Å². The van der Waals surface area contributed by atoms with Crippen LogP contribution < -0.4 is 33.3 Å². The van der Waals surface area contributed by atoms with Gasteiger partial charge in [-0.05, 0) is 164 Å². The van der Waals surface area contributed by atoms with Crippen molar-refractivity contribution < 1.29 is 28.4 Å². The Morgan fingerprint density at radius 2 is 0.582 bits per heavy atom. The van der Waals surface area contributed by atoms with Crippen LogP contribution in [0.1, 0.15) is 50.1 Å². The summed E-state index contributed by atoms with van der Waals surface area (Å²) in [6, 6.07) is 74.2. The summed E-state index contributed by atoms with van der Waals surface area (Å²) in [6.45, 7) is 0. The molecule has 0 saturated heterocycles. The maximum atomic E-state index is 5.74. The second kappa shape index (κ2) is 26.7. The first-order valence-corrected chi connectivity index (χ1v) is 26.0. The fraction of sp³-hybridized carbons (Fsp3) is 0.0833. The molecule has 9 aromatic carbocycles. The maximum Gasteiger partial charge on any atom is 0.119 e. The standard InChI is InChI=1S/C72H63NO6/c1-74-61-33-13-23-53(46-61)67(54-24-14-34-62(47-54)75-2)39-19-22-52-44-45-72(73(59-29-9-7-10-30-59)60-31-11-8-12-32-60)71(43-21-41-69(57-27-17-37-65(50-57)78-5)58-28-18-38-66(51-58)79-6)70(52)42-20-40-68(55-25-15-35-63(48-55)76-3)56-26-16-36-64(49-56)77-4/h7-51H,1-6H3. The number of para-hydroxylation sites is 2. The Morgan fingerprint density at radius 3 is 0.886 bits per heavy atom. The fourth-order valence-electron chi connectivity index (χ4n) is 9.47. The smallest absolute Gasteiger partial charge is 0.119 e. The van der Waals surface area contributed by atoms with Gasteiger partial charge in [0, 0.05) is 16.9 Å². The van der Waals surface area contributed by atoms with E-state index in [1.807, 2.05) is 84.9 Å². The molecule has 79 heavy (non-hydrogen) atoms. The number of benzene rings is 9. The van der Waals surface area contributed by atoms with Gasteiger partial charge in [0.1, 0.15) is 34.5 Å². The largest absolute Gasteiger partial charge is 0.497 e. The average Bonchev–Trinajstić information content (AvgIpc) is 3.54. The minimum absolute atomic E-state index is 0.760. The number of hydrogen-bond donors (Lipinski definition) is 0. The number of allylic oxidation sites excluding steroid dienone is 6. The van der Waals surface area contributed by atoms with E-state index in [1.54, 1.807) is 42.7 Å². The van der Waals surface area contributed by atoms with Crippen molar-refractivity contribution in [3.8, 4) is 34.5 Å². The molecule has 0 aromatic heterocycles. The molecule has 0 spiro atoms. The normalized spacial score (nSPS) is 11.0. The molecule has 0 atom stereocenters. The zero-order valence-corrected chi connectivity index (χ0v) is 45.4. The van der Waals surface area contributed by atoms with Gasteiger partial charge in [-0.1, -0.05) is 170 Å². The number of anilines is 3. The molecule has 9 rings (SSSR count). The lowest BCUT2D eigenvalue weighted by atomic mass is 9.93. The van der Waals surface area contributed by atoms with Crippen molar-refractivity contribution in [1.29, 1.82) is 0 Å². The molecule has 392 valence electrons. The second-order valence-corrected chi connectivity index (χ2v) is 18.2. The Balaban J connectivity index is 1.33. The van der Waals surface area contributed by atoms with Crippen LogP contribution in [0.3, 0.4) is 0 Å². The highest BCUT2D eigenvalue weighted by atomic mass is 16.5. The lowest BCUT2D eigenvalue weighted by Crippen LogP contribution is -2.12. The lowest BCUT2D eigenvalue weighted by molar-refractivity contribution is 0.414. The zero-order valence-electron chi connectivity index (χ0n) is 45.4. The highest BCUT2D eigenvalue weighted by Gasteiger charge is 2.19. The predicted molar refractivity (Wildman–Crippen MR) is 327 cm³/mol. The Bertz CT molecular complexity index is 3510. The highest BCUT2D eigenvalue weighted by Crippen LogP contribution is 2.41. The second-order valence-electron chi connectivity index (χ2n) is 18.2. The summed E-state index contributed by atoms with van der Waals surface area (Å²) in [4.78, 5) is 2.32. The molecule has 0 heterocycles. The number of rotatable bonds is 21. The van der Waals surface area contributed by atoms with Crippen LogP contribution in [-0.4, -0.2) is 42.7 Å². The molecule has 9 aromatic rings. The van der Waals surface area contributed by atoms with Crippen molar-refractivity contribution in [2.75, 3.05) is 47.6 Å². The molecule has 0 unspecified atom stereocenters. The third kappa shape index (κ3) is 13.4. The molecule has 7 heteroatoms. The first-order chi connectivity index (χ1) is 38.9. The van der Waals surface area contributed by atoms with E-state index in [2.05, 4.69) is 193 Å². The van der Waals surface area contributed by atoms with Crippen LogP contribution in [0.5, 0.6) is 34.5 Å². The van der Waals surface area contributed by atoms with Gasteiger partial charge in [0.15, 0.2) is 0 Å². The Kier molecular flexibility index (Phi) is 18.2. The molecule has 0 aliphatic rings. The van der Waals surface area contributed by atoms with E-state index < -0.39 is 0 Å². The van der Waals surface area contributed by atoms with Gasteiger partial charge in [-0.15, -0.1) is 0 Å². The van der Waals surface area contributed by atoms with Gasteiger partial charge >= 0.3 is 0 Å². The molecule has 0 aliphatic heterocycles. The third-order valence-electron chi connectivity index (χ3n) is 13.4. The summed E-state index contributed by atoms with van der Waals surface area (Å²) in [5.41, 5.74) is 14.9. The molecular formula is C72H63NO6. The molecular weight excluding hydrogens is 975 g/mol. The fourth-order valence-corrected chi connectivity index (χ4v) is 9.47. The minimum Gasteiger partial charge on any atom is -0.497 e. The van der Waals surface area contributed by atoms with Crippen LogP contribution in [0.4, 0.5) is 17.1 Å². The quantitative estimate of drug-likeness (QED) is 0.0665. The topological polar surface area (TPSA) is 58.6 Å². The van der Waals surface area contributed by atoms with Gasteiger partial charge in [-0.3, -0.25) is 0 Å². The van der Waals surface area contributed by atoms with Crippen LogP contribution in [0, 0.1) is 0 Å². The number of hydrogen-bond acceptors (Lipinski definition) is 7. The Labute approximate surface area is 465 Å². The van der Waals surface area contributed by atoms with Crippen molar-refractivity contribution in [1.82, 2.24) is 0 Å².